The number of anilines is 2. The van der Waals surface area contributed by atoms with Gasteiger partial charge in [0.05, 0.1) is 11.3 Å². The van der Waals surface area contributed by atoms with Crippen molar-refractivity contribution >= 4 is 40.9 Å². The normalized spacial score (nSPS) is 11.4. The molecule has 0 spiro atoms. The van der Waals surface area contributed by atoms with Gasteiger partial charge in [-0.1, -0.05) is 24.3 Å². The Balaban J connectivity index is 1.59. The summed E-state index contributed by atoms with van der Waals surface area (Å²) in [7, 11) is 0. The van der Waals surface area contributed by atoms with Gasteiger partial charge in [0.2, 0.25) is 5.91 Å². The molecule has 3 rings (SSSR count). The number of rotatable bonds is 8. The van der Waals surface area contributed by atoms with Gasteiger partial charge in [0.25, 0.3) is 5.91 Å². The van der Waals surface area contributed by atoms with Gasteiger partial charge < -0.3 is 15.4 Å². The fourth-order valence-corrected chi connectivity index (χ4v) is 3.86. The molecule has 3 aromatic rings. The van der Waals surface area contributed by atoms with Crippen molar-refractivity contribution < 1.29 is 23.5 Å². The molecule has 3 aromatic carbocycles. The van der Waals surface area contributed by atoms with Gasteiger partial charge in [-0.25, -0.2) is 9.18 Å². The second-order valence-corrected chi connectivity index (χ2v) is 8.71. The van der Waals surface area contributed by atoms with E-state index in [0.717, 1.165) is 22.9 Å². The highest BCUT2D eigenvalue weighted by molar-refractivity contribution is 8.00. The molecule has 8 heteroatoms. The first kappa shape index (κ1) is 25.0. The Morgan fingerprint density at radius 2 is 1.68 bits per heavy atom. The van der Waals surface area contributed by atoms with Gasteiger partial charge in [0, 0.05) is 16.3 Å². The van der Waals surface area contributed by atoms with Crippen LogP contribution in [0.15, 0.2) is 71.6 Å². The topological polar surface area (TPSA) is 84.5 Å². The number of nitrogens with one attached hydrogen (secondary N) is 2. The quantitative estimate of drug-likeness (QED) is 0.335. The molecule has 0 fully saturated rings. The molecule has 0 aromatic heterocycles. The summed E-state index contributed by atoms with van der Waals surface area (Å²) in [6.07, 6.45) is -1.02. The van der Waals surface area contributed by atoms with Crippen molar-refractivity contribution in [1.29, 1.82) is 0 Å². The van der Waals surface area contributed by atoms with E-state index in [1.807, 2.05) is 32.0 Å². The Bertz CT molecular complexity index is 1200. The van der Waals surface area contributed by atoms with Crippen molar-refractivity contribution in [2.45, 2.75) is 31.8 Å². The maximum absolute atomic E-state index is 13.0. The zero-order chi connectivity index (χ0) is 24.7. The molecule has 1 atom stereocenters. The van der Waals surface area contributed by atoms with Gasteiger partial charge in [0.15, 0.2) is 6.10 Å². The Labute approximate surface area is 201 Å². The lowest BCUT2D eigenvalue weighted by Gasteiger charge is -2.16. The van der Waals surface area contributed by atoms with Crippen LogP contribution in [0.25, 0.3) is 0 Å². The summed E-state index contributed by atoms with van der Waals surface area (Å²) in [4.78, 5) is 38.1. The Kier molecular flexibility index (Phi) is 8.43. The van der Waals surface area contributed by atoms with Crippen LogP contribution in [0.4, 0.5) is 15.8 Å². The zero-order valence-corrected chi connectivity index (χ0v) is 19.9. The summed E-state index contributed by atoms with van der Waals surface area (Å²) in [6.45, 7) is 5.31. The van der Waals surface area contributed by atoms with Gasteiger partial charge in [-0.05, 0) is 74.4 Å². The number of hydrogen-bond donors (Lipinski definition) is 2. The van der Waals surface area contributed by atoms with E-state index in [4.69, 9.17) is 4.74 Å². The first-order chi connectivity index (χ1) is 16.2. The Morgan fingerprint density at radius 1 is 0.971 bits per heavy atom. The third-order valence-electron chi connectivity index (χ3n) is 4.90. The van der Waals surface area contributed by atoms with Gasteiger partial charge in [-0.2, -0.15) is 0 Å². The van der Waals surface area contributed by atoms with E-state index in [1.54, 1.807) is 24.3 Å². The molecule has 6 nitrogen and oxygen atoms in total. The third kappa shape index (κ3) is 6.92. The maximum atomic E-state index is 13.0. The number of carbonyl (C=O) groups excluding carboxylic acids is 3. The minimum absolute atomic E-state index is 0.0321. The summed E-state index contributed by atoms with van der Waals surface area (Å²) in [6, 6.07) is 17.9. The smallest absolute Gasteiger partial charge is 0.340 e. The summed E-state index contributed by atoms with van der Waals surface area (Å²) in [5.41, 5.74) is 3.30. The largest absolute Gasteiger partial charge is 0.449 e. The second-order valence-electron chi connectivity index (χ2n) is 7.70. The van der Waals surface area contributed by atoms with Crippen LogP contribution in [0, 0.1) is 19.7 Å². The van der Waals surface area contributed by atoms with Crippen molar-refractivity contribution in [3.8, 4) is 0 Å². The summed E-state index contributed by atoms with van der Waals surface area (Å²) < 4.78 is 18.4. The fourth-order valence-electron chi connectivity index (χ4n) is 3.02. The van der Waals surface area contributed by atoms with Crippen LogP contribution in [0.1, 0.15) is 28.4 Å². The lowest BCUT2D eigenvalue weighted by molar-refractivity contribution is -0.123. The van der Waals surface area contributed by atoms with E-state index < -0.39 is 23.8 Å². The number of amides is 2. The Morgan fingerprint density at radius 3 is 2.41 bits per heavy atom. The molecule has 1 unspecified atom stereocenters. The molecule has 0 radical (unpaired) electrons. The number of aryl methyl sites for hydroxylation is 2. The van der Waals surface area contributed by atoms with E-state index in [9.17, 15) is 18.8 Å². The van der Waals surface area contributed by atoms with Crippen molar-refractivity contribution in [3.05, 3.63) is 89.2 Å². The lowest BCUT2D eigenvalue weighted by Crippen LogP contribution is -2.30. The van der Waals surface area contributed by atoms with Crippen LogP contribution in [0.3, 0.4) is 0 Å². The minimum atomic E-state index is -1.02. The average molecular weight is 481 g/mol. The maximum Gasteiger partial charge on any atom is 0.340 e. The first-order valence-electron chi connectivity index (χ1n) is 10.6. The highest BCUT2D eigenvalue weighted by Crippen LogP contribution is 2.24. The molecular weight excluding hydrogens is 455 g/mol. The summed E-state index contributed by atoms with van der Waals surface area (Å²) >= 11 is 1.16. The Hall–Kier alpha value is -3.65. The molecule has 176 valence electrons. The van der Waals surface area contributed by atoms with E-state index in [0.29, 0.717) is 16.3 Å². The summed E-state index contributed by atoms with van der Waals surface area (Å²) in [5, 5.41) is 5.46. The minimum Gasteiger partial charge on any atom is -0.449 e. The SMILES string of the molecule is Cc1ccc(C)c(NC(=O)C(C)OC(=O)c2ccccc2SCC(=O)Nc2ccc(F)cc2)c1. The third-order valence-corrected chi connectivity index (χ3v) is 5.97. The van der Waals surface area contributed by atoms with Crippen LogP contribution < -0.4 is 10.6 Å². The van der Waals surface area contributed by atoms with E-state index in [1.165, 1.54) is 31.2 Å². The van der Waals surface area contributed by atoms with Crippen molar-refractivity contribution in [2.75, 3.05) is 16.4 Å². The number of ether oxygens (including phenoxy) is 1. The number of halogens is 1. The predicted molar refractivity (Wildman–Crippen MR) is 132 cm³/mol. The van der Waals surface area contributed by atoms with Crippen LogP contribution in [-0.2, 0) is 14.3 Å². The van der Waals surface area contributed by atoms with Crippen LogP contribution >= 0.6 is 11.8 Å². The fraction of sp³-hybridized carbons (Fsp3) is 0.192. The number of thioether (sulfide) groups is 1. The number of esters is 1. The zero-order valence-electron chi connectivity index (χ0n) is 19.1. The van der Waals surface area contributed by atoms with E-state index >= 15 is 0 Å². The molecule has 0 aliphatic heterocycles. The molecule has 0 saturated heterocycles. The molecule has 34 heavy (non-hydrogen) atoms. The second kappa shape index (κ2) is 11.5. The van der Waals surface area contributed by atoms with Crippen molar-refractivity contribution in [1.82, 2.24) is 0 Å². The van der Waals surface area contributed by atoms with Gasteiger partial charge in [0.1, 0.15) is 5.82 Å². The molecule has 0 bridgehead atoms. The molecule has 0 aliphatic rings. The lowest BCUT2D eigenvalue weighted by atomic mass is 10.1. The highest BCUT2D eigenvalue weighted by Gasteiger charge is 2.22. The highest BCUT2D eigenvalue weighted by atomic mass is 32.2. The number of benzene rings is 3. The van der Waals surface area contributed by atoms with Crippen LogP contribution in [0.2, 0.25) is 0 Å². The first-order valence-corrected chi connectivity index (χ1v) is 11.6. The monoisotopic (exact) mass is 480 g/mol. The average Bonchev–Trinajstić information content (AvgIpc) is 2.81. The molecule has 0 saturated carbocycles. The van der Waals surface area contributed by atoms with Crippen molar-refractivity contribution in [3.63, 3.8) is 0 Å². The van der Waals surface area contributed by atoms with E-state index in [2.05, 4.69) is 10.6 Å². The number of carbonyl (C=O) groups is 3. The van der Waals surface area contributed by atoms with Crippen LogP contribution in [-0.4, -0.2) is 29.6 Å². The van der Waals surface area contributed by atoms with Crippen molar-refractivity contribution in [2.24, 2.45) is 0 Å². The summed E-state index contributed by atoms with van der Waals surface area (Å²) in [5.74, 6) is -1.76. The predicted octanol–water partition coefficient (Wildman–Crippen LogP) is 5.36. The number of hydrogen-bond acceptors (Lipinski definition) is 5. The van der Waals surface area contributed by atoms with E-state index in [-0.39, 0.29) is 17.2 Å². The van der Waals surface area contributed by atoms with Gasteiger partial charge >= 0.3 is 5.97 Å². The van der Waals surface area contributed by atoms with Gasteiger partial charge in [-0.3, -0.25) is 9.59 Å². The molecule has 0 heterocycles. The standard InChI is InChI=1S/C26H25FN2O4S/c1-16-8-9-17(2)22(14-16)29-25(31)18(3)33-26(32)21-6-4-5-7-23(21)34-15-24(30)28-20-12-10-19(27)11-13-20/h4-14,18H,15H2,1-3H3,(H,28,30)(H,29,31). The molecule has 2 amide bonds. The molecular formula is C26H25FN2O4S. The molecule has 2 N–H and O–H groups in total. The molecule has 0 aliphatic carbocycles. The van der Waals surface area contributed by atoms with Crippen LogP contribution in [0.5, 0.6) is 0 Å². The van der Waals surface area contributed by atoms with Gasteiger partial charge in [-0.15, -0.1) is 11.8 Å².